The number of hydrogen-bond acceptors (Lipinski definition) is 5. The molecule has 2 saturated carbocycles. The minimum atomic E-state index is -4.34. The van der Waals surface area contributed by atoms with Gasteiger partial charge >= 0.3 is 6.18 Å². The largest absolute Gasteiger partial charge is 0.401 e. The van der Waals surface area contributed by atoms with Crippen LogP contribution < -0.4 is 5.32 Å². The summed E-state index contributed by atoms with van der Waals surface area (Å²) in [7, 11) is 1.85. The summed E-state index contributed by atoms with van der Waals surface area (Å²) in [5.41, 5.74) is 1.86. The molecule has 0 unspecified atom stereocenters. The Labute approximate surface area is 211 Å². The second-order valence-corrected chi connectivity index (χ2v) is 11.0. The standard InChI is InChI=1S/C26H27F3N8/c1-16-12-30-20(32-21-4-9-31-35(21)2)11-18(16)17-10-19-22-33-34-23(25(5-3-6-25)26(27,28)29)37(22)15-24(7-8-24)14-36(19)13-17/h4,9-13H,3,5-8,14-15H2,1-2H3,(H,30,32). The number of halogens is 3. The number of nitrogens with zero attached hydrogens (tertiary/aromatic N) is 7. The van der Waals surface area contributed by atoms with Crippen LogP contribution in [0.3, 0.4) is 0 Å². The van der Waals surface area contributed by atoms with Gasteiger partial charge in [0.25, 0.3) is 0 Å². The first-order chi connectivity index (χ1) is 17.7. The number of hydrogen-bond donors (Lipinski definition) is 1. The van der Waals surface area contributed by atoms with Gasteiger partial charge in [-0.3, -0.25) is 4.68 Å². The zero-order valence-corrected chi connectivity index (χ0v) is 20.7. The molecule has 7 rings (SSSR count). The lowest BCUT2D eigenvalue weighted by atomic mass is 9.67. The molecule has 8 nitrogen and oxygen atoms in total. The molecule has 0 saturated heterocycles. The lowest BCUT2D eigenvalue weighted by Gasteiger charge is -2.42. The SMILES string of the molecule is Cc1cnc(Nc2ccnn2C)cc1-c1cc2n(c1)CC1(CC1)Cn1c-2nnc1C1(C(F)(F)F)CCC1. The van der Waals surface area contributed by atoms with Crippen LogP contribution in [0.1, 0.15) is 43.5 Å². The molecule has 0 radical (unpaired) electrons. The molecule has 1 N–H and O–H groups in total. The van der Waals surface area contributed by atoms with Crippen molar-refractivity contribution in [2.75, 3.05) is 5.32 Å². The number of alkyl halides is 3. The Hall–Kier alpha value is -3.63. The maximum absolute atomic E-state index is 14.3. The number of nitrogens with one attached hydrogen (secondary N) is 1. The topological polar surface area (TPSA) is 78.4 Å². The molecule has 0 aromatic carbocycles. The van der Waals surface area contributed by atoms with Gasteiger partial charge in [-0.05, 0) is 55.9 Å². The summed E-state index contributed by atoms with van der Waals surface area (Å²) in [5, 5.41) is 16.1. The van der Waals surface area contributed by atoms with Crippen molar-refractivity contribution in [2.24, 2.45) is 12.5 Å². The molecule has 0 amide bonds. The fourth-order valence-corrected chi connectivity index (χ4v) is 5.91. The predicted octanol–water partition coefficient (Wildman–Crippen LogP) is 5.37. The van der Waals surface area contributed by atoms with Gasteiger partial charge in [0.05, 0.1) is 11.9 Å². The van der Waals surface area contributed by atoms with Gasteiger partial charge in [-0.15, -0.1) is 10.2 Å². The molecule has 1 spiro atoms. The average molecular weight is 509 g/mol. The minimum absolute atomic E-state index is 0.0521. The summed E-state index contributed by atoms with van der Waals surface area (Å²) < 4.78 is 48.5. The van der Waals surface area contributed by atoms with E-state index in [1.165, 1.54) is 0 Å². The molecule has 4 aromatic heterocycles. The molecule has 3 aliphatic rings. The van der Waals surface area contributed by atoms with Crippen LogP contribution in [-0.2, 0) is 25.6 Å². The second kappa shape index (κ2) is 7.45. The highest BCUT2D eigenvalue weighted by atomic mass is 19.4. The van der Waals surface area contributed by atoms with E-state index in [2.05, 4.69) is 36.4 Å². The third-order valence-corrected chi connectivity index (χ3v) is 8.50. The monoisotopic (exact) mass is 508 g/mol. The van der Waals surface area contributed by atoms with Crippen molar-refractivity contribution >= 4 is 11.6 Å². The van der Waals surface area contributed by atoms with Crippen LogP contribution in [0, 0.1) is 12.3 Å². The van der Waals surface area contributed by atoms with Gasteiger partial charge < -0.3 is 14.5 Å². The van der Waals surface area contributed by atoms with E-state index in [0.717, 1.165) is 47.6 Å². The van der Waals surface area contributed by atoms with Crippen molar-refractivity contribution < 1.29 is 13.2 Å². The van der Waals surface area contributed by atoms with Crippen LogP contribution in [0.15, 0.2) is 36.8 Å². The molecule has 37 heavy (non-hydrogen) atoms. The van der Waals surface area contributed by atoms with Gasteiger partial charge in [-0.25, -0.2) is 4.98 Å². The van der Waals surface area contributed by atoms with E-state index < -0.39 is 11.6 Å². The number of rotatable bonds is 4. The van der Waals surface area contributed by atoms with Gasteiger partial charge in [-0.2, -0.15) is 18.3 Å². The summed E-state index contributed by atoms with van der Waals surface area (Å²) in [6, 6.07) is 5.90. The van der Waals surface area contributed by atoms with Gasteiger partial charge in [0.2, 0.25) is 0 Å². The first-order valence-electron chi connectivity index (χ1n) is 12.6. The first-order valence-corrected chi connectivity index (χ1v) is 12.6. The maximum Gasteiger partial charge on any atom is 0.401 e. The van der Waals surface area contributed by atoms with Crippen molar-refractivity contribution in [1.82, 2.24) is 34.1 Å². The average Bonchev–Trinajstić information content (AvgIpc) is 3.08. The summed E-state index contributed by atoms with van der Waals surface area (Å²) in [5.74, 6) is 2.12. The Morgan fingerprint density at radius 3 is 2.51 bits per heavy atom. The van der Waals surface area contributed by atoms with Gasteiger partial charge in [0.15, 0.2) is 5.82 Å². The Bertz CT molecular complexity index is 1520. The molecule has 11 heteroatoms. The highest BCUT2D eigenvalue weighted by Crippen LogP contribution is 2.57. The van der Waals surface area contributed by atoms with E-state index in [-0.39, 0.29) is 24.1 Å². The van der Waals surface area contributed by atoms with E-state index in [4.69, 9.17) is 0 Å². The van der Waals surface area contributed by atoms with Crippen molar-refractivity contribution in [1.29, 1.82) is 0 Å². The normalized spacial score (nSPS) is 19.2. The maximum atomic E-state index is 14.3. The van der Waals surface area contributed by atoms with Crippen LogP contribution in [-0.4, -0.2) is 40.3 Å². The first kappa shape index (κ1) is 22.6. The number of fused-ring (bicyclic) bond motifs is 3. The van der Waals surface area contributed by atoms with E-state index in [1.54, 1.807) is 15.4 Å². The van der Waals surface area contributed by atoms with E-state index in [0.29, 0.717) is 24.6 Å². The molecule has 192 valence electrons. The second-order valence-electron chi connectivity index (χ2n) is 11.0. The fourth-order valence-electron chi connectivity index (χ4n) is 5.91. The molecule has 0 atom stereocenters. The Morgan fingerprint density at radius 2 is 1.86 bits per heavy atom. The van der Waals surface area contributed by atoms with Gasteiger partial charge in [0, 0.05) is 49.6 Å². The third-order valence-electron chi connectivity index (χ3n) is 8.50. The van der Waals surface area contributed by atoms with Crippen molar-refractivity contribution in [2.45, 2.75) is 63.7 Å². The van der Waals surface area contributed by atoms with Crippen LogP contribution >= 0.6 is 0 Å². The number of aromatic nitrogens is 7. The summed E-state index contributed by atoms with van der Waals surface area (Å²) >= 11 is 0. The van der Waals surface area contributed by atoms with E-state index in [9.17, 15) is 13.2 Å². The molecular weight excluding hydrogens is 481 g/mol. The highest BCUT2D eigenvalue weighted by Gasteiger charge is 2.63. The van der Waals surface area contributed by atoms with Crippen LogP contribution in [0.4, 0.5) is 24.8 Å². The predicted molar refractivity (Wildman–Crippen MR) is 131 cm³/mol. The fraction of sp³-hybridized carbons (Fsp3) is 0.462. The quantitative estimate of drug-likeness (QED) is 0.401. The molecule has 4 aromatic rings. The zero-order chi connectivity index (χ0) is 25.6. The smallest absolute Gasteiger partial charge is 0.344 e. The Morgan fingerprint density at radius 1 is 1.05 bits per heavy atom. The van der Waals surface area contributed by atoms with Gasteiger partial charge in [-0.1, -0.05) is 6.42 Å². The van der Waals surface area contributed by atoms with Gasteiger partial charge in [0.1, 0.15) is 22.9 Å². The zero-order valence-electron chi connectivity index (χ0n) is 20.7. The van der Waals surface area contributed by atoms with Crippen molar-refractivity contribution in [3.8, 4) is 22.6 Å². The number of pyridine rings is 1. The van der Waals surface area contributed by atoms with Crippen LogP contribution in [0.5, 0.6) is 0 Å². The molecule has 1 aliphatic heterocycles. The summed E-state index contributed by atoms with van der Waals surface area (Å²) in [6.07, 6.45) is 3.99. The minimum Gasteiger partial charge on any atom is -0.344 e. The molecular formula is C26H27F3N8. The molecule has 2 fully saturated rings. The van der Waals surface area contributed by atoms with Crippen molar-refractivity contribution in [3.05, 3.63) is 48.2 Å². The van der Waals surface area contributed by atoms with Crippen LogP contribution in [0.2, 0.25) is 0 Å². The summed E-state index contributed by atoms with van der Waals surface area (Å²) in [6.45, 7) is 3.30. The Kier molecular flexibility index (Phi) is 4.54. The third kappa shape index (κ3) is 3.35. The number of anilines is 2. The Balaban J connectivity index is 1.32. The molecule has 2 aliphatic carbocycles. The lowest BCUT2D eigenvalue weighted by Crippen LogP contribution is -2.50. The van der Waals surface area contributed by atoms with Crippen LogP contribution in [0.25, 0.3) is 22.6 Å². The number of aryl methyl sites for hydroxylation is 2. The van der Waals surface area contributed by atoms with Crippen molar-refractivity contribution in [3.63, 3.8) is 0 Å². The van der Waals surface area contributed by atoms with E-state index >= 15 is 0 Å². The van der Waals surface area contributed by atoms with E-state index in [1.807, 2.05) is 38.4 Å². The molecule has 0 bridgehead atoms. The summed E-state index contributed by atoms with van der Waals surface area (Å²) in [4.78, 5) is 4.52. The molecule has 5 heterocycles. The lowest BCUT2D eigenvalue weighted by molar-refractivity contribution is -0.216. The highest BCUT2D eigenvalue weighted by molar-refractivity contribution is 5.75.